The minimum atomic E-state index is -0.211. The molecule has 2 aromatic heterocycles. The van der Waals surface area contributed by atoms with Crippen molar-refractivity contribution in [2.75, 3.05) is 12.9 Å². The number of benzene rings is 1. The van der Waals surface area contributed by atoms with Crippen LogP contribution in [0.15, 0.2) is 70.9 Å². The number of carbonyl (C=O) groups is 1. The lowest BCUT2D eigenvalue weighted by Gasteiger charge is -2.06. The molecule has 0 aliphatic heterocycles. The Morgan fingerprint density at radius 2 is 1.83 bits per heavy atom. The summed E-state index contributed by atoms with van der Waals surface area (Å²) in [6.07, 6.45) is 5.10. The van der Waals surface area contributed by atoms with Crippen molar-refractivity contribution < 1.29 is 9.53 Å². The molecule has 0 aliphatic carbocycles. The summed E-state index contributed by atoms with van der Waals surface area (Å²) < 4.78 is 5.96. The van der Waals surface area contributed by atoms with E-state index in [-0.39, 0.29) is 11.5 Å². The van der Waals surface area contributed by atoms with Gasteiger partial charge in [0.15, 0.2) is 5.16 Å². The number of aromatic nitrogens is 3. The summed E-state index contributed by atoms with van der Waals surface area (Å²) >= 11 is 1.47. The molecule has 7 nitrogen and oxygen atoms in total. The van der Waals surface area contributed by atoms with Crippen molar-refractivity contribution in [3.63, 3.8) is 0 Å². The molecule has 0 saturated heterocycles. The first-order chi connectivity index (χ1) is 14.4. The monoisotopic (exact) mass is 424 g/mol. The van der Waals surface area contributed by atoms with Crippen molar-refractivity contribution in [2.45, 2.75) is 19.0 Å². The van der Waals surface area contributed by atoms with Crippen LogP contribution in [0.4, 0.5) is 0 Å². The van der Waals surface area contributed by atoms with E-state index in [2.05, 4.69) is 14.7 Å². The predicted octanol–water partition coefficient (Wildman–Crippen LogP) is 3.69. The quantitative estimate of drug-likeness (QED) is 0.359. The van der Waals surface area contributed by atoms with Crippen LogP contribution in [-0.2, 0) is 16.6 Å². The summed E-state index contributed by atoms with van der Waals surface area (Å²) in [5.41, 5.74) is 2.32. The molecule has 30 heavy (non-hydrogen) atoms. The molecule has 0 unspecified atom stereocenters. The summed E-state index contributed by atoms with van der Waals surface area (Å²) in [5, 5.41) is 8.99. The number of thioether (sulfide) groups is 1. The van der Waals surface area contributed by atoms with Crippen LogP contribution < -0.4 is 5.56 Å². The molecule has 0 atom stereocenters. The van der Waals surface area contributed by atoms with E-state index in [1.54, 1.807) is 49.1 Å². The maximum absolute atomic E-state index is 11.7. The number of ether oxygens (including phenoxy) is 1. The topological polar surface area (TPSA) is 97.9 Å². The van der Waals surface area contributed by atoms with Gasteiger partial charge in [-0.2, -0.15) is 5.26 Å². The average molecular weight is 425 g/mol. The highest BCUT2D eigenvalue weighted by molar-refractivity contribution is 7.98. The summed E-state index contributed by atoms with van der Waals surface area (Å²) in [6.45, 7) is 3.65. The largest absolute Gasteiger partial charge is 0.466 e. The van der Waals surface area contributed by atoms with Crippen LogP contribution in [0, 0.1) is 11.3 Å². The van der Waals surface area contributed by atoms with Gasteiger partial charge in [-0.1, -0.05) is 42.1 Å². The van der Waals surface area contributed by atoms with Gasteiger partial charge < -0.3 is 4.74 Å². The molecule has 0 aliphatic rings. The van der Waals surface area contributed by atoms with Crippen LogP contribution >= 0.6 is 11.8 Å². The van der Waals surface area contributed by atoms with Crippen LogP contribution in [0.1, 0.15) is 19.4 Å². The third kappa shape index (κ3) is 8.71. The van der Waals surface area contributed by atoms with Crippen LogP contribution in [0.2, 0.25) is 0 Å². The molecule has 3 rings (SSSR count). The van der Waals surface area contributed by atoms with Gasteiger partial charge in [0.25, 0.3) is 5.56 Å². The van der Waals surface area contributed by atoms with E-state index in [0.29, 0.717) is 12.2 Å². The minimum Gasteiger partial charge on any atom is -0.466 e. The zero-order chi connectivity index (χ0) is 22.4. The van der Waals surface area contributed by atoms with Gasteiger partial charge in [0.2, 0.25) is 0 Å². The maximum atomic E-state index is 11.7. The number of nitrogens with zero attached hydrogens (tertiary/aromatic N) is 4. The van der Waals surface area contributed by atoms with Gasteiger partial charge in [0, 0.05) is 38.0 Å². The second kappa shape index (κ2) is 13.7. The Morgan fingerprint density at radius 1 is 1.20 bits per heavy atom. The Labute approximate surface area is 180 Å². The minimum absolute atomic E-state index is 0.0294. The van der Waals surface area contributed by atoms with Gasteiger partial charge in [-0.3, -0.25) is 19.1 Å². The first-order valence-corrected chi connectivity index (χ1v) is 10.3. The molecule has 3 aromatic rings. The molecule has 0 radical (unpaired) electrons. The smallest absolute Gasteiger partial charge is 0.302 e. The van der Waals surface area contributed by atoms with Crippen molar-refractivity contribution in [3.8, 4) is 17.3 Å². The first kappa shape index (κ1) is 24.6. The Balaban J connectivity index is 0.000000268. The number of rotatable bonds is 3. The van der Waals surface area contributed by atoms with Gasteiger partial charge in [0.05, 0.1) is 23.9 Å². The number of carbonyl (C=O) groups excluding carboxylic acids is 1. The molecular weight excluding hydrogens is 400 g/mol. The molecule has 0 spiro atoms. The van der Waals surface area contributed by atoms with Crippen LogP contribution in [0.5, 0.6) is 0 Å². The van der Waals surface area contributed by atoms with Crippen LogP contribution in [0.3, 0.4) is 0 Å². The molecule has 0 saturated carbocycles. The van der Waals surface area contributed by atoms with E-state index in [1.807, 2.05) is 42.7 Å². The number of hydrogen-bond acceptors (Lipinski definition) is 7. The Kier molecular flexibility index (Phi) is 11.2. The molecule has 0 bridgehead atoms. The third-order valence-corrected chi connectivity index (χ3v) is 4.23. The molecule has 0 fully saturated rings. The highest BCUT2D eigenvalue weighted by atomic mass is 32.2. The third-order valence-electron chi connectivity index (χ3n) is 3.50. The highest BCUT2D eigenvalue weighted by Gasteiger charge is 2.05. The fourth-order valence-corrected chi connectivity index (χ4v) is 2.64. The summed E-state index contributed by atoms with van der Waals surface area (Å²) in [4.78, 5) is 29.7. The van der Waals surface area contributed by atoms with E-state index in [1.165, 1.54) is 18.7 Å². The van der Waals surface area contributed by atoms with Crippen LogP contribution in [-0.4, -0.2) is 33.4 Å². The van der Waals surface area contributed by atoms with Gasteiger partial charge in [-0.05, 0) is 25.3 Å². The number of nitriles is 1. The number of esters is 1. The van der Waals surface area contributed by atoms with Gasteiger partial charge >= 0.3 is 5.97 Å². The van der Waals surface area contributed by atoms with E-state index < -0.39 is 0 Å². The second-order valence-corrected chi connectivity index (χ2v) is 6.44. The van der Waals surface area contributed by atoms with Gasteiger partial charge in [0.1, 0.15) is 0 Å². The van der Waals surface area contributed by atoms with Crippen molar-refractivity contribution >= 4 is 17.7 Å². The molecule has 156 valence electrons. The van der Waals surface area contributed by atoms with E-state index in [4.69, 9.17) is 5.26 Å². The first-order valence-electron chi connectivity index (χ1n) is 9.03. The average Bonchev–Trinajstić information content (AvgIpc) is 2.77. The maximum Gasteiger partial charge on any atom is 0.302 e. The van der Waals surface area contributed by atoms with Crippen molar-refractivity contribution in [1.82, 2.24) is 14.5 Å². The van der Waals surface area contributed by atoms with Gasteiger partial charge in [-0.25, -0.2) is 4.98 Å². The second-order valence-electron chi connectivity index (χ2n) is 5.66. The van der Waals surface area contributed by atoms with Crippen molar-refractivity contribution in [2.24, 2.45) is 7.05 Å². The summed E-state index contributed by atoms with van der Waals surface area (Å²) in [7, 11) is 1.73. The zero-order valence-corrected chi connectivity index (χ0v) is 18.2. The SMILES string of the molecule is CCOC(C)=O.CSc1nc(-c2ccccc2)cc(=O)n1C.N#Cc1ccncc1. The highest BCUT2D eigenvalue weighted by Crippen LogP contribution is 2.17. The summed E-state index contributed by atoms with van der Waals surface area (Å²) in [5.74, 6) is -0.211. The molecular formula is C22H24N4O3S. The molecule has 0 N–H and O–H groups in total. The van der Waals surface area contributed by atoms with E-state index in [9.17, 15) is 9.59 Å². The lowest BCUT2D eigenvalue weighted by Crippen LogP contribution is -2.18. The molecule has 1 aromatic carbocycles. The molecule has 2 heterocycles. The number of pyridine rings is 1. The van der Waals surface area contributed by atoms with Crippen molar-refractivity contribution in [1.29, 1.82) is 5.26 Å². The predicted molar refractivity (Wildman–Crippen MR) is 118 cm³/mol. The van der Waals surface area contributed by atoms with Crippen molar-refractivity contribution in [3.05, 3.63) is 76.8 Å². The fraction of sp³-hybridized carbons (Fsp3) is 0.227. The Morgan fingerprint density at radius 3 is 2.27 bits per heavy atom. The molecule has 0 amide bonds. The van der Waals surface area contributed by atoms with E-state index >= 15 is 0 Å². The molecule has 8 heteroatoms. The fourth-order valence-electron chi connectivity index (χ4n) is 2.09. The Bertz CT molecular complexity index is 1020. The Hall–Kier alpha value is -3.44. The standard InChI is InChI=1S/C12H12N2OS.C6H4N2.C4H8O2/c1-14-11(15)8-10(13-12(14)16-2)9-6-4-3-5-7-9;7-5-6-1-3-8-4-2-6;1-3-6-4(2)5/h3-8H,1-2H3;1-4H;3H2,1-2H3. The van der Waals surface area contributed by atoms with Crippen LogP contribution in [0.25, 0.3) is 11.3 Å². The lowest BCUT2D eigenvalue weighted by molar-refractivity contribution is -0.140. The zero-order valence-electron chi connectivity index (χ0n) is 17.4. The van der Waals surface area contributed by atoms with Gasteiger partial charge in [-0.15, -0.1) is 0 Å². The normalized spacial score (nSPS) is 9.17. The summed E-state index contributed by atoms with van der Waals surface area (Å²) in [6, 6.07) is 16.6. The van der Waals surface area contributed by atoms with E-state index in [0.717, 1.165) is 16.4 Å². The number of hydrogen-bond donors (Lipinski definition) is 0. The lowest BCUT2D eigenvalue weighted by atomic mass is 10.1.